The van der Waals surface area contributed by atoms with Crippen molar-refractivity contribution in [2.24, 2.45) is 0 Å². The normalized spacial score (nSPS) is 14.3. The molecule has 1 aromatic heterocycles. The van der Waals surface area contributed by atoms with Gasteiger partial charge in [-0.2, -0.15) is 18.2 Å². The van der Waals surface area contributed by atoms with Crippen LogP contribution in [0.2, 0.25) is 0 Å². The minimum absolute atomic E-state index is 0.0414. The molecule has 9 heteroatoms. The van der Waals surface area contributed by atoms with Gasteiger partial charge in [0.15, 0.2) is 0 Å². The molecule has 1 aliphatic carbocycles. The highest BCUT2D eigenvalue weighted by Gasteiger charge is 2.35. The zero-order valence-electron chi connectivity index (χ0n) is 20.3. The summed E-state index contributed by atoms with van der Waals surface area (Å²) in [5.41, 5.74) is 0.129. The predicted octanol–water partition coefficient (Wildman–Crippen LogP) is 7.87. The number of halogens is 3. The lowest BCUT2D eigenvalue weighted by atomic mass is 9.98. The van der Waals surface area contributed by atoms with Crippen molar-refractivity contribution in [2.45, 2.75) is 64.1 Å². The van der Waals surface area contributed by atoms with E-state index in [1.54, 1.807) is 42.5 Å². The Balaban J connectivity index is 1.49. The van der Waals surface area contributed by atoms with Gasteiger partial charge < -0.3 is 20.1 Å². The molecule has 0 radical (unpaired) electrons. The van der Waals surface area contributed by atoms with Crippen molar-refractivity contribution in [3.8, 4) is 11.5 Å². The average Bonchev–Trinajstić information content (AvgIpc) is 2.86. The first-order chi connectivity index (χ1) is 17.4. The van der Waals surface area contributed by atoms with Gasteiger partial charge in [0.25, 0.3) is 0 Å². The number of hydrogen-bond donors (Lipinski definition) is 2. The molecule has 36 heavy (non-hydrogen) atoms. The summed E-state index contributed by atoms with van der Waals surface area (Å²) in [6.07, 6.45) is 3.75. The molecule has 1 heterocycles. The molecule has 0 amide bonds. The first kappa shape index (κ1) is 25.6. The topological polar surface area (TPSA) is 68.3 Å². The lowest BCUT2D eigenvalue weighted by molar-refractivity contribution is -0.137. The molecule has 0 saturated heterocycles. The summed E-state index contributed by atoms with van der Waals surface area (Å²) in [6.45, 7) is 2.72. The molecule has 192 valence electrons. The predicted molar refractivity (Wildman–Crippen MR) is 134 cm³/mol. The average molecular weight is 501 g/mol. The monoisotopic (exact) mass is 500 g/mol. The molecule has 1 aliphatic rings. The highest BCUT2D eigenvalue weighted by atomic mass is 19.4. The van der Waals surface area contributed by atoms with Gasteiger partial charge in [0.1, 0.15) is 22.9 Å². The number of ether oxygens (including phenoxy) is 2. The Kier molecular flexibility index (Phi) is 8.51. The Bertz CT molecular complexity index is 1120. The summed E-state index contributed by atoms with van der Waals surface area (Å²) in [4.78, 5) is 8.02. The van der Waals surface area contributed by atoms with Crippen LogP contribution >= 0.6 is 0 Å². The number of anilines is 4. The summed E-state index contributed by atoms with van der Waals surface area (Å²) in [7, 11) is 0. The van der Waals surface area contributed by atoms with Gasteiger partial charge in [-0.05, 0) is 68.5 Å². The van der Waals surface area contributed by atoms with E-state index in [9.17, 15) is 13.2 Å². The molecule has 0 bridgehead atoms. The summed E-state index contributed by atoms with van der Waals surface area (Å²) in [5.74, 6) is 1.04. The first-order valence-corrected chi connectivity index (χ1v) is 12.4. The van der Waals surface area contributed by atoms with E-state index in [1.165, 1.54) is 6.42 Å². The van der Waals surface area contributed by atoms with Crippen molar-refractivity contribution in [2.75, 3.05) is 17.2 Å². The van der Waals surface area contributed by atoms with E-state index >= 15 is 0 Å². The molecular formula is C27H31F3N4O2. The molecular weight excluding hydrogens is 469 g/mol. The molecule has 1 fully saturated rings. The SMILES string of the molecule is CCCCOc1ccc(Nc2ncc(C(F)(F)F)c(Nc3cccc(OC4CCCCC4)c3)n2)cc1. The molecule has 1 saturated carbocycles. The van der Waals surface area contributed by atoms with E-state index in [4.69, 9.17) is 9.47 Å². The minimum atomic E-state index is -4.62. The van der Waals surface area contributed by atoms with E-state index in [0.717, 1.165) is 50.5 Å². The summed E-state index contributed by atoms with van der Waals surface area (Å²) in [6, 6.07) is 14.0. The zero-order valence-corrected chi connectivity index (χ0v) is 20.3. The number of rotatable bonds is 10. The van der Waals surface area contributed by atoms with Gasteiger partial charge in [0.05, 0.1) is 12.7 Å². The van der Waals surface area contributed by atoms with Crippen LogP contribution in [0.25, 0.3) is 0 Å². The molecule has 0 spiro atoms. The van der Waals surface area contributed by atoms with E-state index in [0.29, 0.717) is 23.7 Å². The Morgan fingerprint density at radius 1 is 0.944 bits per heavy atom. The van der Waals surface area contributed by atoms with Crippen molar-refractivity contribution < 1.29 is 22.6 Å². The smallest absolute Gasteiger partial charge is 0.421 e. The largest absolute Gasteiger partial charge is 0.494 e. The first-order valence-electron chi connectivity index (χ1n) is 12.4. The third-order valence-corrected chi connectivity index (χ3v) is 5.92. The minimum Gasteiger partial charge on any atom is -0.494 e. The van der Waals surface area contributed by atoms with E-state index in [-0.39, 0.29) is 17.9 Å². The third kappa shape index (κ3) is 7.26. The van der Waals surface area contributed by atoms with E-state index in [1.807, 2.05) is 6.07 Å². The number of nitrogens with one attached hydrogen (secondary N) is 2. The molecule has 4 rings (SSSR count). The van der Waals surface area contributed by atoms with Gasteiger partial charge in [0, 0.05) is 23.6 Å². The van der Waals surface area contributed by atoms with Crippen LogP contribution in [-0.4, -0.2) is 22.7 Å². The molecule has 6 nitrogen and oxygen atoms in total. The Morgan fingerprint density at radius 2 is 1.72 bits per heavy atom. The summed E-state index contributed by atoms with van der Waals surface area (Å²) in [5, 5.41) is 5.77. The molecule has 0 unspecified atom stereocenters. The van der Waals surface area contributed by atoms with Crippen molar-refractivity contribution in [3.63, 3.8) is 0 Å². The van der Waals surface area contributed by atoms with Gasteiger partial charge in [-0.1, -0.05) is 25.8 Å². The number of aromatic nitrogens is 2. The van der Waals surface area contributed by atoms with Gasteiger partial charge in [-0.15, -0.1) is 0 Å². The second-order valence-electron chi connectivity index (χ2n) is 8.84. The maximum absolute atomic E-state index is 13.7. The van der Waals surface area contributed by atoms with Crippen LogP contribution in [0.3, 0.4) is 0 Å². The van der Waals surface area contributed by atoms with Crippen molar-refractivity contribution >= 4 is 23.1 Å². The number of unbranched alkanes of at least 4 members (excludes halogenated alkanes) is 1. The van der Waals surface area contributed by atoms with Crippen LogP contribution < -0.4 is 20.1 Å². The lowest BCUT2D eigenvalue weighted by Gasteiger charge is -2.23. The van der Waals surface area contributed by atoms with Crippen LogP contribution in [0.15, 0.2) is 54.7 Å². The Labute approximate surface area is 209 Å². The van der Waals surface area contributed by atoms with Gasteiger partial charge >= 0.3 is 6.18 Å². The standard InChI is InChI=1S/C27H31F3N4O2/c1-2-3-16-35-21-14-12-19(13-15-21)33-26-31-18-24(27(28,29)30)25(34-26)32-20-8-7-11-23(17-20)36-22-9-5-4-6-10-22/h7-8,11-15,17-18,22H,2-6,9-10,16H2,1H3,(H2,31,32,33,34). The highest BCUT2D eigenvalue weighted by Crippen LogP contribution is 2.36. The Morgan fingerprint density at radius 3 is 2.44 bits per heavy atom. The maximum Gasteiger partial charge on any atom is 0.421 e. The molecule has 0 atom stereocenters. The van der Waals surface area contributed by atoms with Crippen LogP contribution in [0.4, 0.5) is 36.3 Å². The second kappa shape index (κ2) is 12.0. The number of nitrogens with zero attached hydrogens (tertiary/aromatic N) is 2. The van der Waals surface area contributed by atoms with Gasteiger partial charge in [-0.25, -0.2) is 4.98 Å². The highest BCUT2D eigenvalue weighted by molar-refractivity contribution is 5.64. The second-order valence-corrected chi connectivity index (χ2v) is 8.84. The molecule has 3 aromatic rings. The fourth-order valence-electron chi connectivity index (χ4n) is 4.00. The zero-order chi connectivity index (χ0) is 25.4. The lowest BCUT2D eigenvalue weighted by Crippen LogP contribution is -2.19. The van der Waals surface area contributed by atoms with Crippen LogP contribution in [0.5, 0.6) is 11.5 Å². The Hall–Kier alpha value is -3.49. The quantitative estimate of drug-likeness (QED) is 0.276. The number of alkyl halides is 3. The van der Waals surface area contributed by atoms with Gasteiger partial charge in [0.2, 0.25) is 5.95 Å². The van der Waals surface area contributed by atoms with E-state index in [2.05, 4.69) is 27.5 Å². The fraction of sp³-hybridized carbons (Fsp3) is 0.407. The van der Waals surface area contributed by atoms with E-state index < -0.39 is 11.7 Å². The van der Waals surface area contributed by atoms with Crippen molar-refractivity contribution in [3.05, 3.63) is 60.3 Å². The fourth-order valence-corrected chi connectivity index (χ4v) is 4.00. The molecule has 2 N–H and O–H groups in total. The van der Waals surface area contributed by atoms with Crippen LogP contribution in [0, 0.1) is 0 Å². The van der Waals surface area contributed by atoms with Crippen molar-refractivity contribution in [1.29, 1.82) is 0 Å². The number of benzene rings is 2. The summed E-state index contributed by atoms with van der Waals surface area (Å²) < 4.78 is 52.8. The molecule has 0 aliphatic heterocycles. The van der Waals surface area contributed by atoms with Gasteiger partial charge in [-0.3, -0.25) is 0 Å². The number of hydrogen-bond acceptors (Lipinski definition) is 6. The summed E-state index contributed by atoms with van der Waals surface area (Å²) >= 11 is 0. The third-order valence-electron chi connectivity index (χ3n) is 5.92. The van der Waals surface area contributed by atoms with Crippen molar-refractivity contribution in [1.82, 2.24) is 9.97 Å². The van der Waals surface area contributed by atoms with Crippen LogP contribution in [0.1, 0.15) is 57.4 Å². The van der Waals surface area contributed by atoms with Crippen LogP contribution in [-0.2, 0) is 6.18 Å². The molecule has 2 aromatic carbocycles. The maximum atomic E-state index is 13.7.